The summed E-state index contributed by atoms with van der Waals surface area (Å²) in [6.45, 7) is 6.12. The molecule has 1 aliphatic rings. The second-order valence-corrected chi connectivity index (χ2v) is 6.08. The number of urea groups is 1. The van der Waals surface area contributed by atoms with Crippen molar-refractivity contribution in [3.05, 3.63) is 34.0 Å². The molecule has 0 saturated heterocycles. The normalized spacial score (nSPS) is 16.7. The fraction of sp³-hybridized carbons (Fsp3) is 0.444. The molecule has 142 valence electrons. The van der Waals surface area contributed by atoms with Crippen LogP contribution in [0, 0.1) is 0 Å². The van der Waals surface area contributed by atoms with E-state index < -0.39 is 18.0 Å². The molecule has 26 heavy (non-hydrogen) atoms. The second-order valence-electron chi connectivity index (χ2n) is 5.67. The highest BCUT2D eigenvalue weighted by molar-refractivity contribution is 6.32. The predicted molar refractivity (Wildman–Crippen MR) is 97.5 cm³/mol. The van der Waals surface area contributed by atoms with Crippen molar-refractivity contribution in [2.45, 2.75) is 33.2 Å². The summed E-state index contributed by atoms with van der Waals surface area (Å²) in [6, 6.07) is 2.21. The summed E-state index contributed by atoms with van der Waals surface area (Å²) < 4.78 is 16.1. The van der Waals surface area contributed by atoms with Crippen molar-refractivity contribution in [2.24, 2.45) is 0 Å². The standard InChI is InChI=1S/C18H23ClN2O5/c1-5-7-26-17(22)14-10(3)20-18(23)21-15(14)11-8-12(19)16(25-6-2)13(9-11)24-4/h8-9,15H,5-7H2,1-4H3,(H2,20,21,23). The monoisotopic (exact) mass is 382 g/mol. The second kappa shape index (κ2) is 8.80. The Kier molecular flexibility index (Phi) is 6.74. The van der Waals surface area contributed by atoms with Crippen molar-refractivity contribution in [3.8, 4) is 11.5 Å². The number of carbonyl (C=O) groups is 2. The Morgan fingerprint density at radius 1 is 1.31 bits per heavy atom. The Morgan fingerprint density at radius 2 is 2.04 bits per heavy atom. The van der Waals surface area contributed by atoms with E-state index in [0.717, 1.165) is 0 Å². The third-order valence-corrected chi connectivity index (χ3v) is 4.08. The molecule has 1 unspecified atom stereocenters. The Labute approximate surface area is 157 Å². The van der Waals surface area contributed by atoms with Crippen molar-refractivity contribution in [1.29, 1.82) is 0 Å². The molecule has 0 spiro atoms. The van der Waals surface area contributed by atoms with E-state index >= 15 is 0 Å². The van der Waals surface area contributed by atoms with E-state index in [4.69, 9.17) is 25.8 Å². The molecular weight excluding hydrogens is 360 g/mol. The van der Waals surface area contributed by atoms with Gasteiger partial charge >= 0.3 is 12.0 Å². The zero-order valence-corrected chi connectivity index (χ0v) is 16.0. The van der Waals surface area contributed by atoms with Crippen LogP contribution >= 0.6 is 11.6 Å². The molecule has 2 amide bonds. The topological polar surface area (TPSA) is 85.9 Å². The fourth-order valence-corrected chi connectivity index (χ4v) is 2.95. The maximum Gasteiger partial charge on any atom is 0.338 e. The molecule has 0 fully saturated rings. The van der Waals surface area contributed by atoms with Crippen LogP contribution in [-0.2, 0) is 9.53 Å². The number of amides is 2. The van der Waals surface area contributed by atoms with Gasteiger partial charge in [-0.25, -0.2) is 9.59 Å². The molecule has 1 heterocycles. The number of carbonyl (C=O) groups excluding carboxylic acids is 2. The van der Waals surface area contributed by atoms with E-state index in [0.29, 0.717) is 53.0 Å². The van der Waals surface area contributed by atoms with Crippen LogP contribution in [0.25, 0.3) is 0 Å². The number of ether oxygens (including phenoxy) is 3. The number of rotatable bonds is 7. The van der Waals surface area contributed by atoms with Crippen LogP contribution in [0.1, 0.15) is 38.8 Å². The van der Waals surface area contributed by atoms with Crippen molar-refractivity contribution in [3.63, 3.8) is 0 Å². The fourth-order valence-electron chi connectivity index (χ4n) is 2.68. The molecule has 0 bridgehead atoms. The largest absolute Gasteiger partial charge is 0.493 e. The Bertz CT molecular complexity index is 733. The average molecular weight is 383 g/mol. The Balaban J connectivity index is 2.49. The van der Waals surface area contributed by atoms with Gasteiger partial charge in [0.2, 0.25) is 0 Å². The Hall–Kier alpha value is -2.41. The number of allylic oxidation sites excluding steroid dienone is 1. The molecule has 7 nitrogen and oxygen atoms in total. The molecule has 2 rings (SSSR count). The summed E-state index contributed by atoms with van der Waals surface area (Å²) in [5, 5.41) is 5.66. The quantitative estimate of drug-likeness (QED) is 0.706. The number of methoxy groups -OCH3 is 1. The summed E-state index contributed by atoms with van der Waals surface area (Å²) in [7, 11) is 1.50. The molecule has 1 aromatic rings. The van der Waals surface area contributed by atoms with Crippen molar-refractivity contribution in [1.82, 2.24) is 10.6 Å². The zero-order chi connectivity index (χ0) is 19.3. The van der Waals surface area contributed by atoms with Crippen LogP contribution in [-0.4, -0.2) is 32.3 Å². The van der Waals surface area contributed by atoms with E-state index in [-0.39, 0.29) is 0 Å². The first-order valence-corrected chi connectivity index (χ1v) is 8.76. The number of benzene rings is 1. The van der Waals surface area contributed by atoms with Gasteiger partial charge in [0.05, 0.1) is 37.0 Å². The van der Waals surface area contributed by atoms with Crippen LogP contribution in [0.3, 0.4) is 0 Å². The molecule has 0 aliphatic carbocycles. The first-order chi connectivity index (χ1) is 12.4. The molecule has 0 radical (unpaired) electrons. The van der Waals surface area contributed by atoms with Gasteiger partial charge in [-0.3, -0.25) is 0 Å². The molecular formula is C18H23ClN2O5. The third kappa shape index (κ3) is 4.22. The van der Waals surface area contributed by atoms with Crippen molar-refractivity contribution in [2.75, 3.05) is 20.3 Å². The Morgan fingerprint density at radius 3 is 2.65 bits per heavy atom. The summed E-state index contributed by atoms with van der Waals surface area (Å²) in [4.78, 5) is 24.5. The smallest absolute Gasteiger partial charge is 0.338 e. The van der Waals surface area contributed by atoms with E-state index in [2.05, 4.69) is 10.6 Å². The lowest BCUT2D eigenvalue weighted by Gasteiger charge is -2.28. The molecule has 0 saturated carbocycles. The highest BCUT2D eigenvalue weighted by Crippen LogP contribution is 2.40. The van der Waals surface area contributed by atoms with Crippen molar-refractivity contribution >= 4 is 23.6 Å². The maximum absolute atomic E-state index is 12.5. The van der Waals surface area contributed by atoms with Crippen LogP contribution < -0.4 is 20.1 Å². The molecule has 8 heteroatoms. The molecule has 2 N–H and O–H groups in total. The van der Waals surface area contributed by atoms with E-state index in [1.54, 1.807) is 19.1 Å². The van der Waals surface area contributed by atoms with Gasteiger partial charge in [0, 0.05) is 5.70 Å². The van der Waals surface area contributed by atoms with Gasteiger partial charge in [-0.1, -0.05) is 18.5 Å². The van der Waals surface area contributed by atoms with Gasteiger partial charge in [0.1, 0.15) is 0 Å². The lowest BCUT2D eigenvalue weighted by atomic mass is 9.95. The highest BCUT2D eigenvalue weighted by atomic mass is 35.5. The summed E-state index contributed by atoms with van der Waals surface area (Å²) in [5.41, 5.74) is 1.34. The highest BCUT2D eigenvalue weighted by Gasteiger charge is 2.33. The maximum atomic E-state index is 12.5. The SMILES string of the molecule is CCCOC(=O)C1=C(C)NC(=O)NC1c1cc(Cl)c(OCC)c(OC)c1. The van der Waals surface area contributed by atoms with Crippen molar-refractivity contribution < 1.29 is 23.8 Å². The number of hydrogen-bond acceptors (Lipinski definition) is 5. The first kappa shape index (κ1) is 19.9. The van der Waals surface area contributed by atoms with Gasteiger partial charge in [-0.05, 0) is 38.0 Å². The molecule has 1 aromatic carbocycles. The van der Waals surface area contributed by atoms with E-state index in [1.807, 2.05) is 13.8 Å². The predicted octanol–water partition coefficient (Wildman–Crippen LogP) is 3.33. The van der Waals surface area contributed by atoms with E-state index in [1.165, 1.54) is 7.11 Å². The summed E-state index contributed by atoms with van der Waals surface area (Å²) >= 11 is 6.33. The lowest BCUT2D eigenvalue weighted by Crippen LogP contribution is -2.45. The van der Waals surface area contributed by atoms with Gasteiger partial charge in [0.15, 0.2) is 11.5 Å². The summed E-state index contributed by atoms with van der Waals surface area (Å²) in [5.74, 6) is 0.336. The molecule has 0 aromatic heterocycles. The number of esters is 1. The average Bonchev–Trinajstić information content (AvgIpc) is 2.60. The van der Waals surface area contributed by atoms with Gasteiger partial charge in [-0.15, -0.1) is 0 Å². The van der Waals surface area contributed by atoms with Gasteiger partial charge in [0.25, 0.3) is 0 Å². The van der Waals surface area contributed by atoms with Crippen LogP contribution in [0.15, 0.2) is 23.4 Å². The first-order valence-electron chi connectivity index (χ1n) is 8.38. The minimum Gasteiger partial charge on any atom is -0.493 e. The number of hydrogen-bond donors (Lipinski definition) is 2. The van der Waals surface area contributed by atoms with Crippen LogP contribution in [0.4, 0.5) is 4.79 Å². The minimum absolute atomic E-state index is 0.295. The minimum atomic E-state index is -0.713. The molecule has 1 atom stereocenters. The lowest BCUT2D eigenvalue weighted by molar-refractivity contribution is -0.139. The number of nitrogens with one attached hydrogen (secondary N) is 2. The molecule has 1 aliphatic heterocycles. The van der Waals surface area contributed by atoms with Crippen LogP contribution in [0.2, 0.25) is 5.02 Å². The van der Waals surface area contributed by atoms with Gasteiger partial charge < -0.3 is 24.8 Å². The zero-order valence-electron chi connectivity index (χ0n) is 15.3. The van der Waals surface area contributed by atoms with Gasteiger partial charge in [-0.2, -0.15) is 0 Å². The third-order valence-electron chi connectivity index (χ3n) is 3.80. The summed E-state index contributed by atoms with van der Waals surface area (Å²) in [6.07, 6.45) is 0.700. The van der Waals surface area contributed by atoms with Crippen LogP contribution in [0.5, 0.6) is 11.5 Å². The number of halogens is 1. The van der Waals surface area contributed by atoms with E-state index in [9.17, 15) is 9.59 Å².